The molecule has 1 aromatic heterocycles. The Hall–Kier alpha value is -2.63. The van der Waals surface area contributed by atoms with Crippen LogP contribution < -0.4 is 4.74 Å². The highest BCUT2D eigenvalue weighted by molar-refractivity contribution is 5.85. The summed E-state index contributed by atoms with van der Waals surface area (Å²) < 4.78 is 5.27. The summed E-state index contributed by atoms with van der Waals surface area (Å²) in [5, 5.41) is 11.1. The topological polar surface area (TPSA) is 65.6 Å². The molecule has 0 saturated heterocycles. The molecule has 5 heteroatoms. The van der Waals surface area contributed by atoms with Crippen molar-refractivity contribution in [2.75, 3.05) is 6.61 Å². The van der Waals surface area contributed by atoms with E-state index in [4.69, 9.17) is 4.74 Å². The third-order valence-corrected chi connectivity index (χ3v) is 7.83. The first kappa shape index (κ1) is 19.1. The number of para-hydroxylation sites is 1. The van der Waals surface area contributed by atoms with Gasteiger partial charge in [-0.15, -0.1) is 0 Å². The molecule has 0 spiro atoms. The van der Waals surface area contributed by atoms with Crippen LogP contribution in [-0.4, -0.2) is 39.1 Å². The van der Waals surface area contributed by atoms with Crippen LogP contribution in [0.1, 0.15) is 56.0 Å². The predicted octanol–water partition coefficient (Wildman–Crippen LogP) is 4.34. The Morgan fingerprint density at radius 3 is 2.55 bits per heavy atom. The number of hydrogen-bond acceptors (Lipinski definition) is 4. The highest BCUT2D eigenvalue weighted by Crippen LogP contribution is 2.71. The number of aromatic amines is 1. The number of ether oxygens (including phenoxy) is 1. The standard InChI is InChI=1S/C26H28N2O3/c1-16-11-21-20-5-3-4-6-22(20)27-23(21)24(18-7-9-19(10-8-18)31-17(2)30)28(16)26-12-25(13-26,14-26)15-29/h3-10,16,24,27,29H,11-15H2,1-2H3. The fraction of sp³-hybridized carbons (Fsp3) is 0.423. The molecule has 2 aromatic carbocycles. The van der Waals surface area contributed by atoms with Gasteiger partial charge < -0.3 is 14.8 Å². The van der Waals surface area contributed by atoms with Crippen LogP contribution in [-0.2, 0) is 11.2 Å². The molecule has 7 rings (SSSR count). The smallest absolute Gasteiger partial charge is 0.308 e. The van der Waals surface area contributed by atoms with Gasteiger partial charge in [0.05, 0.1) is 6.04 Å². The second-order valence-corrected chi connectivity index (χ2v) is 10.0. The molecule has 2 bridgehead atoms. The van der Waals surface area contributed by atoms with Crippen LogP contribution in [0, 0.1) is 5.41 Å². The molecule has 160 valence electrons. The van der Waals surface area contributed by atoms with Gasteiger partial charge in [-0.25, -0.2) is 0 Å². The number of benzene rings is 2. The Bertz CT molecular complexity index is 1160. The van der Waals surface area contributed by atoms with Gasteiger partial charge in [0.25, 0.3) is 0 Å². The zero-order valence-electron chi connectivity index (χ0n) is 18.0. The molecule has 2 N–H and O–H groups in total. The largest absolute Gasteiger partial charge is 0.427 e. The van der Waals surface area contributed by atoms with Crippen LogP contribution in [0.4, 0.5) is 0 Å². The van der Waals surface area contributed by atoms with Crippen LogP contribution in [0.15, 0.2) is 48.5 Å². The van der Waals surface area contributed by atoms with Crippen LogP contribution in [0.3, 0.4) is 0 Å². The molecule has 5 nitrogen and oxygen atoms in total. The van der Waals surface area contributed by atoms with Crippen molar-refractivity contribution in [3.05, 3.63) is 65.4 Å². The van der Waals surface area contributed by atoms with Gasteiger partial charge in [-0.2, -0.15) is 0 Å². The highest BCUT2D eigenvalue weighted by atomic mass is 16.5. The lowest BCUT2D eigenvalue weighted by atomic mass is 9.38. The Labute approximate surface area is 182 Å². The van der Waals surface area contributed by atoms with Crippen molar-refractivity contribution in [1.29, 1.82) is 0 Å². The molecule has 4 aliphatic rings. The summed E-state index contributed by atoms with van der Waals surface area (Å²) in [5.41, 5.74) is 5.42. The van der Waals surface area contributed by atoms with Gasteiger partial charge in [-0.05, 0) is 67.3 Å². The maximum Gasteiger partial charge on any atom is 0.308 e. The van der Waals surface area contributed by atoms with Gasteiger partial charge in [0.2, 0.25) is 0 Å². The normalized spacial score (nSPS) is 31.6. The second kappa shape index (κ2) is 6.44. The predicted molar refractivity (Wildman–Crippen MR) is 119 cm³/mol. The van der Waals surface area contributed by atoms with Gasteiger partial charge in [0.15, 0.2) is 0 Å². The molecule has 31 heavy (non-hydrogen) atoms. The third-order valence-electron chi connectivity index (χ3n) is 7.83. The maximum absolute atomic E-state index is 11.3. The van der Waals surface area contributed by atoms with E-state index in [1.165, 1.54) is 34.6 Å². The van der Waals surface area contributed by atoms with Crippen LogP contribution in [0.2, 0.25) is 0 Å². The summed E-state index contributed by atoms with van der Waals surface area (Å²) in [6.45, 7) is 4.07. The first-order chi connectivity index (χ1) is 14.9. The number of hydrogen-bond donors (Lipinski definition) is 2. The lowest BCUT2D eigenvalue weighted by molar-refractivity contribution is -0.254. The molecule has 2 unspecified atom stereocenters. The molecular formula is C26H28N2O3. The van der Waals surface area contributed by atoms with Crippen molar-refractivity contribution >= 4 is 16.9 Å². The van der Waals surface area contributed by atoms with Crippen molar-refractivity contribution in [3.8, 4) is 5.75 Å². The van der Waals surface area contributed by atoms with E-state index in [1.807, 2.05) is 12.1 Å². The molecule has 0 amide bonds. The Morgan fingerprint density at radius 2 is 1.87 bits per heavy atom. The van der Waals surface area contributed by atoms with Gasteiger partial charge in [0, 0.05) is 41.7 Å². The number of carbonyl (C=O) groups is 1. The lowest BCUT2D eigenvalue weighted by Crippen LogP contribution is -2.77. The van der Waals surface area contributed by atoms with Gasteiger partial charge >= 0.3 is 5.97 Å². The van der Waals surface area contributed by atoms with E-state index >= 15 is 0 Å². The number of H-pyrrole nitrogens is 1. The minimum absolute atomic E-state index is 0.120. The first-order valence-electron chi connectivity index (χ1n) is 11.2. The summed E-state index contributed by atoms with van der Waals surface area (Å²) in [5.74, 6) is 0.273. The SMILES string of the molecule is CC(=O)Oc1ccc(C2c3[nH]c4ccccc4c3CC(C)N2C23CC(CO)(C2)C3)cc1. The molecule has 3 fully saturated rings. The number of nitrogens with one attached hydrogen (secondary N) is 1. The number of nitrogens with zero attached hydrogens (tertiary/aromatic N) is 1. The second-order valence-electron chi connectivity index (χ2n) is 10.0. The zero-order chi connectivity index (χ0) is 21.4. The molecule has 3 aliphatic carbocycles. The van der Waals surface area contributed by atoms with E-state index in [9.17, 15) is 9.90 Å². The van der Waals surface area contributed by atoms with Crippen LogP contribution in [0.5, 0.6) is 5.75 Å². The van der Waals surface area contributed by atoms with Gasteiger partial charge in [0.1, 0.15) is 5.75 Å². The average Bonchev–Trinajstić information content (AvgIpc) is 3.05. The Morgan fingerprint density at radius 1 is 1.16 bits per heavy atom. The number of aliphatic hydroxyl groups excluding tert-OH is 1. The Balaban J connectivity index is 1.46. The number of aromatic nitrogens is 1. The number of esters is 1. The van der Waals surface area contributed by atoms with E-state index in [-0.39, 0.29) is 23.0 Å². The van der Waals surface area contributed by atoms with E-state index < -0.39 is 0 Å². The third kappa shape index (κ3) is 2.66. The lowest BCUT2D eigenvalue weighted by Gasteiger charge is -2.76. The molecule has 3 saturated carbocycles. The van der Waals surface area contributed by atoms with Gasteiger partial charge in [-0.1, -0.05) is 30.3 Å². The molecule has 0 radical (unpaired) electrons. The van der Waals surface area contributed by atoms with Gasteiger partial charge in [-0.3, -0.25) is 9.69 Å². The number of aliphatic hydroxyl groups is 1. The summed E-state index contributed by atoms with van der Waals surface area (Å²) in [7, 11) is 0. The first-order valence-corrected chi connectivity index (χ1v) is 11.2. The molecule has 2 heterocycles. The minimum Gasteiger partial charge on any atom is -0.427 e. The summed E-state index contributed by atoms with van der Waals surface area (Å²) in [6.07, 6.45) is 4.27. The number of carbonyl (C=O) groups excluding carboxylic acids is 1. The summed E-state index contributed by atoms with van der Waals surface area (Å²) >= 11 is 0. The van der Waals surface area contributed by atoms with Crippen LogP contribution in [0.25, 0.3) is 10.9 Å². The van der Waals surface area contributed by atoms with Crippen LogP contribution >= 0.6 is 0 Å². The quantitative estimate of drug-likeness (QED) is 0.490. The minimum atomic E-state index is -0.304. The van der Waals surface area contributed by atoms with E-state index in [0.29, 0.717) is 18.4 Å². The maximum atomic E-state index is 11.3. The van der Waals surface area contributed by atoms with Crippen molar-refractivity contribution < 1.29 is 14.6 Å². The summed E-state index contributed by atoms with van der Waals surface area (Å²) in [4.78, 5) is 17.8. The fourth-order valence-electron chi connectivity index (χ4n) is 6.79. The van der Waals surface area contributed by atoms with Crippen molar-refractivity contribution in [3.63, 3.8) is 0 Å². The monoisotopic (exact) mass is 416 g/mol. The highest BCUT2D eigenvalue weighted by Gasteiger charge is 2.71. The van der Waals surface area contributed by atoms with Crippen molar-refractivity contribution in [2.24, 2.45) is 5.41 Å². The summed E-state index contributed by atoms with van der Waals surface area (Å²) in [6, 6.07) is 17.1. The van der Waals surface area contributed by atoms with E-state index in [1.54, 1.807) is 0 Å². The average molecular weight is 417 g/mol. The molecule has 1 aliphatic heterocycles. The van der Waals surface area contributed by atoms with Crippen molar-refractivity contribution in [2.45, 2.75) is 57.2 Å². The van der Waals surface area contributed by atoms with Crippen molar-refractivity contribution in [1.82, 2.24) is 9.88 Å². The number of fused-ring (bicyclic) bond motifs is 3. The van der Waals surface area contributed by atoms with E-state index in [0.717, 1.165) is 25.7 Å². The fourth-order valence-corrected chi connectivity index (χ4v) is 6.79. The zero-order valence-corrected chi connectivity index (χ0v) is 18.0. The molecule has 2 atom stereocenters. The van der Waals surface area contributed by atoms with E-state index in [2.05, 4.69) is 53.2 Å². The Kier molecular flexibility index (Phi) is 3.96. The molecular weight excluding hydrogens is 388 g/mol. The number of rotatable bonds is 4. The molecule has 3 aromatic rings.